The molecule has 0 radical (unpaired) electrons. The van der Waals surface area contributed by atoms with Gasteiger partial charge in [0.25, 0.3) is 0 Å². The molecule has 0 unspecified atom stereocenters. The third-order valence-electron chi connectivity index (χ3n) is 4.69. The molecule has 2 fully saturated rings. The summed E-state index contributed by atoms with van der Waals surface area (Å²) in [6, 6.07) is 0. The summed E-state index contributed by atoms with van der Waals surface area (Å²) < 4.78 is 0. The van der Waals surface area contributed by atoms with E-state index >= 15 is 0 Å². The van der Waals surface area contributed by atoms with Crippen LogP contribution < -0.4 is 0 Å². The van der Waals surface area contributed by atoms with Gasteiger partial charge >= 0.3 is 0 Å². The molecule has 4 nitrogen and oxygen atoms in total. The van der Waals surface area contributed by atoms with Gasteiger partial charge in [0.15, 0.2) is 0 Å². The zero-order valence-electron chi connectivity index (χ0n) is 12.9. The highest BCUT2D eigenvalue weighted by Crippen LogP contribution is 2.35. The maximum absolute atomic E-state index is 11.5. The van der Waals surface area contributed by atoms with Crippen molar-refractivity contribution < 1.29 is 4.79 Å². The summed E-state index contributed by atoms with van der Waals surface area (Å²) in [6.07, 6.45) is 6.45. The van der Waals surface area contributed by atoms with Crippen LogP contribution in [0.3, 0.4) is 0 Å². The summed E-state index contributed by atoms with van der Waals surface area (Å²) in [5.74, 6) is 0.926. The quantitative estimate of drug-likeness (QED) is 0.861. The van der Waals surface area contributed by atoms with E-state index in [0.717, 1.165) is 45.1 Å². The van der Waals surface area contributed by atoms with E-state index in [4.69, 9.17) is 4.98 Å². The van der Waals surface area contributed by atoms with E-state index in [1.165, 1.54) is 36.4 Å². The lowest BCUT2D eigenvalue weighted by atomic mass is 10.1. The van der Waals surface area contributed by atoms with Gasteiger partial charge < -0.3 is 4.90 Å². The average Bonchev–Trinajstić information content (AvgIpc) is 3.07. The topological polar surface area (TPSA) is 36.4 Å². The Hall–Kier alpha value is -0.940. The second-order valence-corrected chi connectivity index (χ2v) is 7.18. The van der Waals surface area contributed by atoms with Crippen molar-refractivity contribution in [1.82, 2.24) is 14.8 Å². The highest BCUT2D eigenvalue weighted by molar-refractivity contribution is 7.09. The third kappa shape index (κ3) is 3.83. The zero-order chi connectivity index (χ0) is 14.7. The van der Waals surface area contributed by atoms with E-state index in [2.05, 4.69) is 10.3 Å². The minimum Gasteiger partial charge on any atom is -0.342 e. The smallest absolute Gasteiger partial charge is 0.219 e. The van der Waals surface area contributed by atoms with Crippen molar-refractivity contribution in [2.45, 2.75) is 51.5 Å². The van der Waals surface area contributed by atoms with Crippen LogP contribution in [0.4, 0.5) is 0 Å². The number of nitrogens with zero attached hydrogens (tertiary/aromatic N) is 3. The molecular formula is C16H25N3OS. The third-order valence-corrected chi connectivity index (χ3v) is 5.75. The molecule has 1 aliphatic carbocycles. The van der Waals surface area contributed by atoms with Crippen LogP contribution >= 0.6 is 11.3 Å². The summed E-state index contributed by atoms with van der Waals surface area (Å²) in [5.41, 5.74) is 1.22. The number of thiazole rings is 1. The van der Waals surface area contributed by atoms with E-state index in [1.807, 2.05) is 16.2 Å². The van der Waals surface area contributed by atoms with E-state index in [9.17, 15) is 4.79 Å². The Morgan fingerprint density at radius 3 is 2.81 bits per heavy atom. The van der Waals surface area contributed by atoms with Gasteiger partial charge in [-0.05, 0) is 19.3 Å². The normalized spacial score (nSPS) is 21.7. The molecule has 0 N–H and O–H groups in total. The first kappa shape index (κ1) is 15.0. The highest BCUT2D eigenvalue weighted by atomic mass is 32.1. The Bertz CT molecular complexity index is 482. The van der Waals surface area contributed by atoms with Crippen molar-refractivity contribution >= 4 is 17.2 Å². The molecule has 2 aliphatic rings. The molecular weight excluding hydrogens is 282 g/mol. The monoisotopic (exact) mass is 307 g/mol. The average molecular weight is 307 g/mol. The molecule has 116 valence electrons. The van der Waals surface area contributed by atoms with Crippen LogP contribution in [-0.2, 0) is 11.3 Å². The Labute approximate surface area is 131 Å². The molecule has 3 rings (SSSR count). The predicted molar refractivity (Wildman–Crippen MR) is 85.5 cm³/mol. The van der Waals surface area contributed by atoms with Gasteiger partial charge in [-0.2, -0.15) is 0 Å². The number of rotatable bonds is 3. The van der Waals surface area contributed by atoms with Crippen LogP contribution in [0.25, 0.3) is 0 Å². The Morgan fingerprint density at radius 2 is 2.05 bits per heavy atom. The van der Waals surface area contributed by atoms with Gasteiger partial charge in [-0.15, -0.1) is 11.3 Å². The molecule has 1 saturated carbocycles. The summed E-state index contributed by atoms with van der Waals surface area (Å²) >= 11 is 1.84. The van der Waals surface area contributed by atoms with Crippen molar-refractivity contribution in [2.75, 3.05) is 26.2 Å². The predicted octanol–water partition coefficient (Wildman–Crippen LogP) is 2.85. The summed E-state index contributed by atoms with van der Waals surface area (Å²) in [4.78, 5) is 20.7. The fourth-order valence-electron chi connectivity index (χ4n) is 3.43. The van der Waals surface area contributed by atoms with Crippen molar-refractivity contribution in [3.8, 4) is 0 Å². The van der Waals surface area contributed by atoms with Crippen molar-refractivity contribution in [2.24, 2.45) is 0 Å². The highest BCUT2D eigenvalue weighted by Gasteiger charge is 2.21. The number of hydrogen-bond donors (Lipinski definition) is 0. The molecule has 1 aromatic heterocycles. The van der Waals surface area contributed by atoms with Crippen LogP contribution in [0.2, 0.25) is 0 Å². The standard InChI is InChI=1S/C16H25N3OS/c1-13(20)19-8-4-7-18(9-10-19)11-15-12-21-16(17-15)14-5-2-3-6-14/h12,14H,2-11H2,1H3. The van der Waals surface area contributed by atoms with Crippen molar-refractivity contribution in [3.63, 3.8) is 0 Å². The number of amides is 1. The van der Waals surface area contributed by atoms with Crippen LogP contribution in [-0.4, -0.2) is 46.9 Å². The summed E-state index contributed by atoms with van der Waals surface area (Å²) in [7, 11) is 0. The molecule has 1 aliphatic heterocycles. The first-order valence-corrected chi connectivity index (χ1v) is 9.02. The number of hydrogen-bond acceptors (Lipinski definition) is 4. The molecule has 1 amide bonds. The molecule has 5 heteroatoms. The number of aromatic nitrogens is 1. The van der Waals surface area contributed by atoms with Crippen LogP contribution in [0.1, 0.15) is 55.6 Å². The van der Waals surface area contributed by atoms with Gasteiger partial charge in [0.05, 0.1) is 10.7 Å². The van der Waals surface area contributed by atoms with Gasteiger partial charge in [-0.3, -0.25) is 9.69 Å². The molecule has 0 atom stereocenters. The lowest BCUT2D eigenvalue weighted by Gasteiger charge is -2.20. The fraction of sp³-hybridized carbons (Fsp3) is 0.750. The van der Waals surface area contributed by atoms with Gasteiger partial charge in [-0.1, -0.05) is 12.8 Å². The second-order valence-electron chi connectivity index (χ2n) is 6.29. The lowest BCUT2D eigenvalue weighted by Crippen LogP contribution is -2.33. The molecule has 1 aromatic rings. The Kier molecular flexibility index (Phi) is 4.91. The zero-order valence-corrected chi connectivity index (χ0v) is 13.7. The van der Waals surface area contributed by atoms with Gasteiger partial charge in [0.1, 0.15) is 0 Å². The van der Waals surface area contributed by atoms with E-state index in [-0.39, 0.29) is 5.91 Å². The maximum Gasteiger partial charge on any atom is 0.219 e. The molecule has 21 heavy (non-hydrogen) atoms. The Balaban J connectivity index is 1.55. The molecule has 0 bridgehead atoms. The summed E-state index contributed by atoms with van der Waals surface area (Å²) in [6.45, 7) is 6.40. The van der Waals surface area contributed by atoms with Gasteiger partial charge in [0.2, 0.25) is 5.91 Å². The van der Waals surface area contributed by atoms with E-state index in [1.54, 1.807) is 6.92 Å². The first-order chi connectivity index (χ1) is 10.2. The molecule has 0 aromatic carbocycles. The lowest BCUT2D eigenvalue weighted by molar-refractivity contribution is -0.128. The van der Waals surface area contributed by atoms with E-state index in [0.29, 0.717) is 0 Å². The number of carbonyl (C=O) groups excluding carboxylic acids is 1. The first-order valence-electron chi connectivity index (χ1n) is 8.14. The van der Waals surface area contributed by atoms with Crippen molar-refractivity contribution in [3.05, 3.63) is 16.1 Å². The van der Waals surface area contributed by atoms with Crippen LogP contribution in [0.15, 0.2) is 5.38 Å². The summed E-state index contributed by atoms with van der Waals surface area (Å²) in [5, 5.41) is 3.59. The van der Waals surface area contributed by atoms with Crippen LogP contribution in [0, 0.1) is 0 Å². The minimum absolute atomic E-state index is 0.203. The van der Waals surface area contributed by atoms with E-state index < -0.39 is 0 Å². The van der Waals surface area contributed by atoms with Gasteiger partial charge in [-0.25, -0.2) is 4.98 Å². The fourth-order valence-corrected chi connectivity index (χ4v) is 4.41. The largest absolute Gasteiger partial charge is 0.342 e. The maximum atomic E-state index is 11.5. The van der Waals surface area contributed by atoms with Crippen LogP contribution in [0.5, 0.6) is 0 Å². The molecule has 0 spiro atoms. The molecule has 1 saturated heterocycles. The minimum atomic E-state index is 0.203. The van der Waals surface area contributed by atoms with Crippen molar-refractivity contribution in [1.29, 1.82) is 0 Å². The number of carbonyl (C=O) groups is 1. The SMILES string of the molecule is CC(=O)N1CCCN(Cc2csc(C3CCCC3)n2)CC1. The Morgan fingerprint density at radius 1 is 1.24 bits per heavy atom. The second kappa shape index (κ2) is 6.88. The van der Waals surface area contributed by atoms with Gasteiger partial charge in [0, 0.05) is 50.9 Å². The molecule has 2 heterocycles.